The zero-order chi connectivity index (χ0) is 63.5. The average molecular weight is 1220 g/mol. The molecule has 0 saturated carbocycles. The minimum absolute atomic E-state index is 0.613. The Balaban J connectivity index is 0.869. The summed E-state index contributed by atoms with van der Waals surface area (Å²) in [5, 5.41) is 14.5. The van der Waals surface area contributed by atoms with Crippen molar-refractivity contribution < 1.29 is 0 Å². The maximum Gasteiger partial charge on any atom is 0.164 e. The lowest BCUT2D eigenvalue weighted by molar-refractivity contribution is 1.07. The lowest BCUT2D eigenvalue weighted by atomic mass is 9.85. The fourth-order valence-electron chi connectivity index (χ4n) is 14.5. The van der Waals surface area contributed by atoms with Gasteiger partial charge in [0.05, 0.1) is 0 Å². The molecule has 17 aromatic carbocycles. The lowest BCUT2D eigenvalue weighted by Gasteiger charge is -2.19. The average Bonchev–Trinajstić information content (AvgIpc) is 0.760. The molecule has 0 aliphatic rings. The molecular formula is C93H59N3. The van der Waals surface area contributed by atoms with E-state index in [1.807, 2.05) is 36.4 Å². The lowest BCUT2D eigenvalue weighted by Crippen LogP contribution is -2.00. The second-order valence-electron chi connectivity index (χ2n) is 25.0. The Morgan fingerprint density at radius 3 is 0.802 bits per heavy atom. The molecule has 0 saturated heterocycles. The molecule has 0 amide bonds. The van der Waals surface area contributed by atoms with Gasteiger partial charge in [-0.2, -0.15) is 0 Å². The van der Waals surface area contributed by atoms with E-state index in [0.717, 1.165) is 72.3 Å². The number of benzene rings is 17. The van der Waals surface area contributed by atoms with Crippen molar-refractivity contribution in [2.24, 2.45) is 0 Å². The molecule has 0 fully saturated rings. The summed E-state index contributed by atoms with van der Waals surface area (Å²) in [6.45, 7) is 0. The van der Waals surface area contributed by atoms with Gasteiger partial charge in [0.15, 0.2) is 17.5 Å². The first-order valence-corrected chi connectivity index (χ1v) is 32.9. The summed E-state index contributed by atoms with van der Waals surface area (Å²) in [5.41, 5.74) is 21.1. The second-order valence-corrected chi connectivity index (χ2v) is 25.0. The van der Waals surface area contributed by atoms with E-state index in [0.29, 0.717) is 17.5 Å². The topological polar surface area (TPSA) is 38.7 Å². The fraction of sp³-hybridized carbons (Fsp3) is 0. The molecule has 3 heteroatoms. The summed E-state index contributed by atoms with van der Waals surface area (Å²) in [7, 11) is 0. The van der Waals surface area contributed by atoms with E-state index in [4.69, 9.17) is 15.0 Å². The molecule has 0 atom stereocenters. The van der Waals surface area contributed by atoms with Crippen molar-refractivity contribution in [3.63, 3.8) is 0 Å². The molecular weight excluding hydrogens is 1160 g/mol. The zero-order valence-corrected chi connectivity index (χ0v) is 52.4. The molecule has 0 unspecified atom stereocenters. The van der Waals surface area contributed by atoms with Crippen LogP contribution in [-0.4, -0.2) is 15.0 Å². The van der Waals surface area contributed by atoms with Crippen LogP contribution in [0.4, 0.5) is 0 Å². The van der Waals surface area contributed by atoms with Crippen molar-refractivity contribution in [1.29, 1.82) is 0 Å². The SMILES string of the molecule is c1ccc(-c2nc(-c3ccccc3)nc(-c3cccc(-c4cccc(-c5cc(-c6cc(-c7cccc8ccccc78)cc7cc(-c8cccc9ccccc89)ccc67)cc(-c6cc(-c7cccc8ccccc78)cc7cc(-c8cccc9ccccc89)ccc67)c5)c4)c3)n2)cc1. The number of nitrogens with zero attached hydrogens (tertiary/aromatic N) is 3. The van der Waals surface area contributed by atoms with Crippen molar-refractivity contribution in [1.82, 2.24) is 15.0 Å². The molecule has 0 radical (unpaired) electrons. The Hall–Kier alpha value is -12.7. The van der Waals surface area contributed by atoms with Gasteiger partial charge >= 0.3 is 0 Å². The van der Waals surface area contributed by atoms with Gasteiger partial charge in [0.2, 0.25) is 0 Å². The van der Waals surface area contributed by atoms with Gasteiger partial charge in [-0.3, -0.25) is 0 Å². The van der Waals surface area contributed by atoms with Gasteiger partial charge in [-0.25, -0.2) is 15.0 Å². The Bertz CT molecular complexity index is 5740. The molecule has 18 aromatic rings. The number of hydrogen-bond acceptors (Lipinski definition) is 3. The monoisotopic (exact) mass is 1220 g/mol. The van der Waals surface area contributed by atoms with E-state index in [1.165, 1.54) is 98.0 Å². The van der Waals surface area contributed by atoms with E-state index in [9.17, 15) is 0 Å². The van der Waals surface area contributed by atoms with Crippen LogP contribution < -0.4 is 0 Å². The first-order valence-electron chi connectivity index (χ1n) is 32.9. The molecule has 3 nitrogen and oxygen atoms in total. The van der Waals surface area contributed by atoms with Crippen LogP contribution in [0.3, 0.4) is 0 Å². The quantitative estimate of drug-likeness (QED) is 0.130. The van der Waals surface area contributed by atoms with Crippen LogP contribution in [0.2, 0.25) is 0 Å². The standard InChI is InChI=1S/C93H59N3/c1-3-25-64(26-4-1)91-94-92(65-27-5-2-6-28-65)96-93(95-91)71-36-16-34-67(50-71)66-33-15-35-68(49-66)72-53-75(89-58-77(85-43-19-31-62-23-9-13-39-81(62)85)55-73-51-69(45-47-87(73)89)83-41-17-29-60-21-7-11-37-79(60)83)57-76(54-72)90-59-78(86-44-20-32-63-24-10-14-40-82(63)86)56-74-52-70(46-48-88(74)90)84-42-18-30-61-22-8-12-38-80(61)84/h1-59H. The highest BCUT2D eigenvalue weighted by molar-refractivity contribution is 6.10. The molecule has 0 spiro atoms. The number of hydrogen-bond donors (Lipinski definition) is 0. The van der Waals surface area contributed by atoms with Gasteiger partial charge in [0.1, 0.15) is 0 Å². The van der Waals surface area contributed by atoms with Crippen LogP contribution in [0.1, 0.15) is 0 Å². The Labute approximate surface area is 557 Å². The predicted octanol–water partition coefficient (Wildman–Crippen LogP) is 25.1. The van der Waals surface area contributed by atoms with Crippen molar-refractivity contribution >= 4 is 64.6 Å². The molecule has 1 heterocycles. The fourth-order valence-corrected chi connectivity index (χ4v) is 14.5. The highest BCUT2D eigenvalue weighted by Crippen LogP contribution is 2.46. The van der Waals surface area contributed by atoms with E-state index < -0.39 is 0 Å². The summed E-state index contributed by atoms with van der Waals surface area (Å²) in [4.78, 5) is 15.3. The smallest absolute Gasteiger partial charge is 0.164 e. The van der Waals surface area contributed by atoms with Crippen LogP contribution >= 0.6 is 0 Å². The van der Waals surface area contributed by atoms with Crippen LogP contribution in [0, 0.1) is 0 Å². The first kappa shape index (κ1) is 56.1. The summed E-state index contributed by atoms with van der Waals surface area (Å²) >= 11 is 0. The summed E-state index contributed by atoms with van der Waals surface area (Å²) in [6.07, 6.45) is 0. The minimum atomic E-state index is 0.613. The molecule has 0 N–H and O–H groups in total. The Morgan fingerprint density at radius 1 is 0.125 bits per heavy atom. The van der Waals surface area contributed by atoms with Gasteiger partial charge < -0.3 is 0 Å². The minimum Gasteiger partial charge on any atom is -0.208 e. The molecule has 0 bridgehead atoms. The maximum atomic E-state index is 5.14. The summed E-state index contributed by atoms with van der Waals surface area (Å²) in [6, 6.07) is 131. The zero-order valence-electron chi connectivity index (χ0n) is 52.4. The van der Waals surface area contributed by atoms with Crippen molar-refractivity contribution in [3.8, 4) is 123 Å². The third kappa shape index (κ3) is 10.3. The number of fused-ring (bicyclic) bond motifs is 6. The molecule has 446 valence electrons. The first-order chi connectivity index (χ1) is 47.5. The van der Waals surface area contributed by atoms with Crippen molar-refractivity contribution in [2.45, 2.75) is 0 Å². The predicted molar refractivity (Wildman–Crippen MR) is 405 cm³/mol. The van der Waals surface area contributed by atoms with E-state index in [-0.39, 0.29) is 0 Å². The highest BCUT2D eigenvalue weighted by atomic mass is 15.0. The second kappa shape index (κ2) is 23.8. The number of rotatable bonds is 11. The molecule has 0 aliphatic heterocycles. The highest BCUT2D eigenvalue weighted by Gasteiger charge is 2.20. The van der Waals surface area contributed by atoms with E-state index in [2.05, 4.69) is 322 Å². The Morgan fingerprint density at radius 2 is 0.385 bits per heavy atom. The number of aromatic nitrogens is 3. The van der Waals surface area contributed by atoms with Gasteiger partial charge in [0, 0.05) is 16.7 Å². The molecule has 96 heavy (non-hydrogen) atoms. The third-order valence-corrected chi connectivity index (χ3v) is 19.2. The Kier molecular flexibility index (Phi) is 13.9. The third-order valence-electron chi connectivity index (χ3n) is 19.2. The van der Waals surface area contributed by atoms with Crippen molar-refractivity contribution in [3.05, 3.63) is 358 Å². The summed E-state index contributed by atoms with van der Waals surface area (Å²) in [5.74, 6) is 1.87. The van der Waals surface area contributed by atoms with Crippen LogP contribution in [0.15, 0.2) is 358 Å². The van der Waals surface area contributed by atoms with E-state index in [1.54, 1.807) is 0 Å². The molecule has 1 aromatic heterocycles. The van der Waals surface area contributed by atoms with Gasteiger partial charge in [-0.05, 0) is 220 Å². The van der Waals surface area contributed by atoms with Crippen molar-refractivity contribution in [2.75, 3.05) is 0 Å². The molecule has 18 rings (SSSR count). The van der Waals surface area contributed by atoms with Gasteiger partial charge in [0.25, 0.3) is 0 Å². The van der Waals surface area contributed by atoms with Gasteiger partial charge in [-0.1, -0.05) is 291 Å². The van der Waals surface area contributed by atoms with Crippen LogP contribution in [0.25, 0.3) is 188 Å². The maximum absolute atomic E-state index is 5.14. The van der Waals surface area contributed by atoms with E-state index >= 15 is 0 Å². The van der Waals surface area contributed by atoms with Crippen LogP contribution in [0.5, 0.6) is 0 Å². The largest absolute Gasteiger partial charge is 0.208 e. The normalized spacial score (nSPS) is 11.5. The molecule has 0 aliphatic carbocycles. The van der Waals surface area contributed by atoms with Gasteiger partial charge in [-0.15, -0.1) is 0 Å². The summed E-state index contributed by atoms with van der Waals surface area (Å²) < 4.78 is 0. The van der Waals surface area contributed by atoms with Crippen LogP contribution in [-0.2, 0) is 0 Å².